The minimum Gasteiger partial charge on any atom is -0.460 e. The molecule has 2 aliphatic heterocycles. The average molecular weight is 430 g/mol. The van der Waals surface area contributed by atoms with Gasteiger partial charge in [0.15, 0.2) is 6.29 Å². The Balaban J connectivity index is 1.70. The number of hydrogen-bond donors (Lipinski definition) is 0. The summed E-state index contributed by atoms with van der Waals surface area (Å²) < 4.78 is 18.4. The highest BCUT2D eigenvalue weighted by Gasteiger charge is 2.72. The Bertz CT molecular complexity index is 838. The molecule has 0 radical (unpaired) electrons. The normalized spacial score (nSPS) is 36.6. The molecule has 170 valence electrons. The van der Waals surface area contributed by atoms with Crippen LogP contribution in [0, 0.1) is 17.8 Å². The second kappa shape index (κ2) is 7.89. The molecule has 0 spiro atoms. The van der Waals surface area contributed by atoms with Gasteiger partial charge < -0.3 is 19.1 Å². The lowest BCUT2D eigenvalue weighted by Gasteiger charge is -2.51. The van der Waals surface area contributed by atoms with Crippen molar-refractivity contribution in [2.24, 2.45) is 17.8 Å². The molecule has 1 amide bonds. The fourth-order valence-electron chi connectivity index (χ4n) is 5.77. The number of nitrogens with zero attached hydrogens (tertiary/aromatic N) is 1. The van der Waals surface area contributed by atoms with Crippen LogP contribution in [0.15, 0.2) is 30.3 Å². The molecule has 1 saturated carbocycles. The number of amides is 1. The van der Waals surface area contributed by atoms with Gasteiger partial charge in [-0.25, -0.2) is 4.79 Å². The summed E-state index contributed by atoms with van der Waals surface area (Å²) in [6.07, 6.45) is 2.25. The second-order valence-corrected chi connectivity index (χ2v) is 10.3. The van der Waals surface area contributed by atoms with E-state index in [0.29, 0.717) is 23.3 Å². The molecule has 6 heteroatoms. The molecule has 2 heterocycles. The first kappa shape index (κ1) is 22.3. The van der Waals surface area contributed by atoms with E-state index in [1.807, 2.05) is 44.2 Å². The maximum atomic E-state index is 13.9. The van der Waals surface area contributed by atoms with Gasteiger partial charge in [-0.1, -0.05) is 57.5 Å². The van der Waals surface area contributed by atoms with Gasteiger partial charge in [0.05, 0.1) is 0 Å². The first-order chi connectivity index (χ1) is 14.6. The van der Waals surface area contributed by atoms with Crippen molar-refractivity contribution in [3.63, 3.8) is 0 Å². The molecule has 3 fully saturated rings. The van der Waals surface area contributed by atoms with Crippen LogP contribution >= 0.6 is 0 Å². The first-order valence-electron chi connectivity index (χ1n) is 11.5. The zero-order valence-corrected chi connectivity index (χ0v) is 19.5. The van der Waals surface area contributed by atoms with Crippen LogP contribution < -0.4 is 0 Å². The number of carbonyl (C=O) groups excluding carboxylic acids is 2. The second-order valence-electron chi connectivity index (χ2n) is 10.3. The highest BCUT2D eigenvalue weighted by molar-refractivity contribution is 5.86. The highest BCUT2D eigenvalue weighted by atomic mass is 16.8. The van der Waals surface area contributed by atoms with E-state index in [1.54, 1.807) is 4.90 Å². The predicted molar refractivity (Wildman–Crippen MR) is 116 cm³/mol. The van der Waals surface area contributed by atoms with E-state index in [4.69, 9.17) is 14.2 Å². The number of fused-ring (bicyclic) bond motifs is 1. The Morgan fingerprint density at radius 3 is 2.42 bits per heavy atom. The third-order valence-electron chi connectivity index (χ3n) is 7.30. The van der Waals surface area contributed by atoms with Gasteiger partial charge >= 0.3 is 5.97 Å². The largest absolute Gasteiger partial charge is 0.460 e. The molecule has 1 aromatic carbocycles. The van der Waals surface area contributed by atoms with Crippen molar-refractivity contribution >= 4 is 11.9 Å². The molecule has 1 aromatic rings. The van der Waals surface area contributed by atoms with Crippen LogP contribution in [-0.2, 0) is 29.4 Å². The van der Waals surface area contributed by atoms with Crippen LogP contribution in [0.2, 0.25) is 0 Å². The molecule has 1 aliphatic carbocycles. The number of carbonyl (C=O) groups is 2. The summed E-state index contributed by atoms with van der Waals surface area (Å²) in [5.74, 6) is 0.690. The van der Waals surface area contributed by atoms with Gasteiger partial charge in [-0.3, -0.25) is 4.79 Å². The van der Waals surface area contributed by atoms with Crippen LogP contribution in [0.25, 0.3) is 0 Å². The number of esters is 1. The molecule has 6 nitrogen and oxygen atoms in total. The summed E-state index contributed by atoms with van der Waals surface area (Å²) in [5, 5.41) is 0. The molecule has 0 bridgehead atoms. The molecular weight excluding hydrogens is 394 g/mol. The third kappa shape index (κ3) is 3.58. The Labute approximate surface area is 185 Å². The Morgan fingerprint density at radius 1 is 1.13 bits per heavy atom. The van der Waals surface area contributed by atoms with Gasteiger partial charge in [-0.2, -0.15) is 0 Å². The summed E-state index contributed by atoms with van der Waals surface area (Å²) in [6.45, 7) is 11.8. The van der Waals surface area contributed by atoms with Crippen molar-refractivity contribution in [1.82, 2.24) is 4.90 Å². The van der Waals surface area contributed by atoms with Gasteiger partial charge in [0.1, 0.15) is 17.9 Å². The average Bonchev–Trinajstić information content (AvgIpc) is 2.90. The Hall–Kier alpha value is -1.92. The quantitative estimate of drug-likeness (QED) is 0.671. The minimum absolute atomic E-state index is 0.152. The van der Waals surface area contributed by atoms with Gasteiger partial charge in [0.25, 0.3) is 0 Å². The van der Waals surface area contributed by atoms with Crippen LogP contribution in [0.1, 0.15) is 66.4 Å². The van der Waals surface area contributed by atoms with Gasteiger partial charge in [0.2, 0.25) is 11.5 Å². The molecule has 0 unspecified atom stereocenters. The van der Waals surface area contributed by atoms with Crippen LogP contribution in [-0.4, -0.2) is 40.9 Å². The van der Waals surface area contributed by atoms with Gasteiger partial charge in [0, 0.05) is 6.92 Å². The lowest BCUT2D eigenvalue weighted by molar-refractivity contribution is -0.312. The van der Waals surface area contributed by atoms with Crippen molar-refractivity contribution in [3.05, 3.63) is 35.9 Å². The number of rotatable bonds is 4. The van der Waals surface area contributed by atoms with Crippen molar-refractivity contribution in [3.8, 4) is 0 Å². The summed E-state index contributed by atoms with van der Waals surface area (Å²) in [6, 6.07) is 8.82. The number of benzene rings is 1. The summed E-state index contributed by atoms with van der Waals surface area (Å²) in [7, 11) is 0. The smallest absolute Gasteiger partial charge is 0.345 e. The standard InChI is InChI=1S/C25H35NO5/c1-15(2)19-13-12-16(3)14-20(19)29-23(28)25(18-10-8-7-9-11-18)21-22(31-25)30-24(5,6)26(21)17(4)27/h7-11,15-16,19-22H,12-14H2,1-6H3/t16-,19+,20-,21+,22+,25+/m1/s1. The lowest BCUT2D eigenvalue weighted by atomic mass is 9.75. The molecule has 4 rings (SSSR count). The maximum Gasteiger partial charge on any atom is 0.345 e. The molecule has 2 saturated heterocycles. The molecule has 0 aromatic heterocycles. The molecule has 31 heavy (non-hydrogen) atoms. The SMILES string of the molecule is CC(=O)N1[C@H]2[C@@H](OC1(C)C)O[C@@]2(C(=O)O[C@@H]1C[C@H](C)CC[C@H]1C(C)C)c1ccccc1. The molecule has 0 N–H and O–H groups in total. The summed E-state index contributed by atoms with van der Waals surface area (Å²) in [5.41, 5.74) is -1.55. The van der Waals surface area contributed by atoms with Gasteiger partial charge in [-0.15, -0.1) is 0 Å². The van der Waals surface area contributed by atoms with Crippen LogP contribution in [0.5, 0.6) is 0 Å². The van der Waals surface area contributed by atoms with E-state index in [9.17, 15) is 9.59 Å². The maximum absolute atomic E-state index is 13.9. The molecule has 6 atom stereocenters. The van der Waals surface area contributed by atoms with E-state index in [1.165, 1.54) is 6.92 Å². The van der Waals surface area contributed by atoms with Crippen LogP contribution in [0.4, 0.5) is 0 Å². The minimum atomic E-state index is -1.38. The predicted octanol–water partition coefficient (Wildman–Crippen LogP) is 4.23. The van der Waals surface area contributed by atoms with E-state index in [2.05, 4.69) is 20.8 Å². The number of ether oxygens (including phenoxy) is 3. The zero-order valence-electron chi connectivity index (χ0n) is 19.5. The summed E-state index contributed by atoms with van der Waals surface area (Å²) >= 11 is 0. The fourth-order valence-corrected chi connectivity index (χ4v) is 5.77. The third-order valence-corrected chi connectivity index (χ3v) is 7.30. The Morgan fingerprint density at radius 2 is 1.81 bits per heavy atom. The van der Waals surface area contributed by atoms with E-state index in [0.717, 1.165) is 19.3 Å². The zero-order chi connectivity index (χ0) is 22.6. The van der Waals surface area contributed by atoms with E-state index in [-0.39, 0.29) is 12.0 Å². The first-order valence-corrected chi connectivity index (χ1v) is 11.5. The number of hydrogen-bond acceptors (Lipinski definition) is 5. The molecular formula is C25H35NO5. The highest BCUT2D eigenvalue weighted by Crippen LogP contribution is 2.54. The molecule has 3 aliphatic rings. The van der Waals surface area contributed by atoms with Crippen molar-refractivity contribution in [2.75, 3.05) is 0 Å². The van der Waals surface area contributed by atoms with E-state index < -0.39 is 29.6 Å². The lowest BCUT2D eigenvalue weighted by Crippen LogP contribution is -2.70. The Kier molecular flexibility index (Phi) is 5.67. The fraction of sp³-hybridized carbons (Fsp3) is 0.680. The van der Waals surface area contributed by atoms with Gasteiger partial charge in [-0.05, 0) is 50.0 Å². The monoisotopic (exact) mass is 429 g/mol. The van der Waals surface area contributed by atoms with Crippen molar-refractivity contribution < 1.29 is 23.8 Å². The van der Waals surface area contributed by atoms with Crippen molar-refractivity contribution in [2.45, 2.75) is 90.6 Å². The van der Waals surface area contributed by atoms with E-state index >= 15 is 0 Å². The summed E-state index contributed by atoms with van der Waals surface area (Å²) in [4.78, 5) is 28.1. The topological polar surface area (TPSA) is 65.1 Å². The van der Waals surface area contributed by atoms with Crippen LogP contribution in [0.3, 0.4) is 0 Å². The van der Waals surface area contributed by atoms with Crippen molar-refractivity contribution in [1.29, 1.82) is 0 Å².